The molecule has 3 atom stereocenters. The maximum Gasteiger partial charge on any atom is 0.242 e. The lowest BCUT2D eigenvalue weighted by Gasteiger charge is -2.36. The molecule has 10 heteroatoms. The Balaban J connectivity index is 2.46. The van der Waals surface area contributed by atoms with Gasteiger partial charge in [0.2, 0.25) is 11.8 Å². The van der Waals surface area contributed by atoms with E-state index in [4.69, 9.17) is 23.7 Å². The number of rotatable bonds is 16. The van der Waals surface area contributed by atoms with Crippen molar-refractivity contribution in [3.05, 3.63) is 51.6 Å². The number of benzene rings is 2. The van der Waals surface area contributed by atoms with Gasteiger partial charge >= 0.3 is 0 Å². The van der Waals surface area contributed by atoms with Crippen molar-refractivity contribution in [3.63, 3.8) is 0 Å². The fourth-order valence-corrected chi connectivity index (χ4v) is 5.29. The van der Waals surface area contributed by atoms with Gasteiger partial charge < -0.3 is 28.8 Å². The van der Waals surface area contributed by atoms with Gasteiger partial charge in [-0.15, -0.1) is 0 Å². The Morgan fingerprint density at radius 3 is 1.92 bits per heavy atom. The molecule has 3 unspecified atom stereocenters. The summed E-state index contributed by atoms with van der Waals surface area (Å²) in [7, 11) is 7.52. The summed E-state index contributed by atoms with van der Waals surface area (Å²) in [5.41, 5.74) is 0.226. The van der Waals surface area contributed by atoms with Crippen LogP contribution >= 0.6 is 0 Å². The van der Waals surface area contributed by atoms with Crippen LogP contribution in [0.3, 0.4) is 0 Å². The Bertz CT molecular complexity index is 1120. The molecule has 0 saturated heterocycles. The Labute approximate surface area is 230 Å². The highest BCUT2D eigenvalue weighted by Gasteiger charge is 2.42. The lowest BCUT2D eigenvalue weighted by Crippen LogP contribution is -2.39. The summed E-state index contributed by atoms with van der Waals surface area (Å²) in [6.45, 7) is 4.01. The van der Waals surface area contributed by atoms with E-state index in [9.17, 15) is 20.5 Å². The molecule has 0 aliphatic carbocycles. The van der Waals surface area contributed by atoms with Crippen molar-refractivity contribution in [1.82, 2.24) is 0 Å². The van der Waals surface area contributed by atoms with E-state index in [2.05, 4.69) is 6.07 Å². The van der Waals surface area contributed by atoms with Crippen LogP contribution in [0.1, 0.15) is 50.7 Å². The summed E-state index contributed by atoms with van der Waals surface area (Å²) in [6, 6.07) is 9.80. The third kappa shape index (κ3) is 6.84. The second-order valence-electron chi connectivity index (χ2n) is 9.36. The fraction of sp³-hybridized carbons (Fsp3) is 0.552. The predicted molar refractivity (Wildman–Crippen MR) is 147 cm³/mol. The standard InChI is InChI=1S/C29H40N2O8/c1-8-20(9-2)29(18-30,21-16-26(37-5)28(39-7)27(17-21)38-6)13-12-23(32)22(31(33)34)14-19-10-11-24(35-3)25(15-19)36-4/h10-11,15-17,20,22-23,32H,8-9,12-14H2,1-7H3. The molecule has 0 aliphatic rings. The molecule has 2 aromatic carbocycles. The van der Waals surface area contributed by atoms with Crippen LogP contribution < -0.4 is 23.7 Å². The van der Waals surface area contributed by atoms with Crippen LogP contribution in [0.2, 0.25) is 0 Å². The van der Waals surface area contributed by atoms with Crippen LogP contribution in [0.25, 0.3) is 0 Å². The summed E-state index contributed by atoms with van der Waals surface area (Å²) < 4.78 is 27.1. The van der Waals surface area contributed by atoms with Gasteiger partial charge in [0.25, 0.3) is 0 Å². The monoisotopic (exact) mass is 544 g/mol. The summed E-state index contributed by atoms with van der Waals surface area (Å²) in [4.78, 5) is 11.6. The second-order valence-corrected chi connectivity index (χ2v) is 9.36. The van der Waals surface area contributed by atoms with Gasteiger partial charge in [-0.05, 0) is 54.2 Å². The van der Waals surface area contributed by atoms with Gasteiger partial charge in [-0.2, -0.15) is 5.26 Å². The molecule has 0 heterocycles. The normalized spacial score (nSPS) is 14.1. The van der Waals surface area contributed by atoms with E-state index in [0.717, 1.165) is 0 Å². The van der Waals surface area contributed by atoms with Gasteiger partial charge in [0.05, 0.1) is 47.0 Å². The first-order valence-electron chi connectivity index (χ1n) is 12.9. The smallest absolute Gasteiger partial charge is 0.242 e. The highest BCUT2D eigenvalue weighted by atomic mass is 16.6. The number of nitriles is 1. The number of ether oxygens (including phenoxy) is 5. The van der Waals surface area contributed by atoms with Crippen LogP contribution in [0.5, 0.6) is 28.7 Å². The summed E-state index contributed by atoms with van der Waals surface area (Å²) in [6.07, 6.45) is 0.328. The van der Waals surface area contributed by atoms with Crippen molar-refractivity contribution >= 4 is 0 Å². The van der Waals surface area contributed by atoms with Crippen LogP contribution in [0, 0.1) is 27.4 Å². The van der Waals surface area contributed by atoms with E-state index < -0.39 is 22.5 Å². The van der Waals surface area contributed by atoms with Crippen molar-refractivity contribution in [1.29, 1.82) is 5.26 Å². The Kier molecular flexibility index (Phi) is 11.7. The molecule has 0 spiro atoms. The fourth-order valence-electron chi connectivity index (χ4n) is 5.29. The van der Waals surface area contributed by atoms with Crippen LogP contribution in [0.15, 0.2) is 30.3 Å². The molecule has 0 bridgehead atoms. The third-order valence-corrected chi connectivity index (χ3v) is 7.50. The number of aliphatic hydroxyl groups excluding tert-OH is 1. The molecule has 1 N–H and O–H groups in total. The van der Waals surface area contributed by atoms with Crippen LogP contribution in [0.4, 0.5) is 0 Å². The average Bonchev–Trinajstić information content (AvgIpc) is 2.96. The number of methoxy groups -OCH3 is 5. The molecule has 2 aromatic rings. The van der Waals surface area contributed by atoms with E-state index in [1.54, 1.807) is 30.3 Å². The Morgan fingerprint density at radius 1 is 0.923 bits per heavy atom. The highest BCUT2D eigenvalue weighted by Crippen LogP contribution is 2.47. The van der Waals surface area contributed by atoms with Gasteiger partial charge in [0.15, 0.2) is 23.0 Å². The molecular weight excluding hydrogens is 504 g/mol. The van der Waals surface area contributed by atoms with Gasteiger partial charge in [-0.1, -0.05) is 32.8 Å². The zero-order chi connectivity index (χ0) is 29.2. The molecule has 0 amide bonds. The van der Waals surface area contributed by atoms with Gasteiger partial charge in [0.1, 0.15) is 6.10 Å². The first kappa shape index (κ1) is 31.5. The lowest BCUT2D eigenvalue weighted by molar-refractivity contribution is -0.534. The number of nitro groups is 1. The Hall–Kier alpha value is -3.71. The summed E-state index contributed by atoms with van der Waals surface area (Å²) in [5.74, 6) is 2.10. The maximum absolute atomic E-state index is 12.0. The molecule has 214 valence electrons. The van der Waals surface area contributed by atoms with E-state index in [0.29, 0.717) is 52.7 Å². The largest absolute Gasteiger partial charge is 0.493 e. The van der Waals surface area contributed by atoms with E-state index in [1.807, 2.05) is 13.8 Å². The van der Waals surface area contributed by atoms with E-state index in [1.165, 1.54) is 35.5 Å². The van der Waals surface area contributed by atoms with Gasteiger partial charge in [0, 0.05) is 11.3 Å². The first-order valence-corrected chi connectivity index (χ1v) is 12.9. The average molecular weight is 545 g/mol. The predicted octanol–water partition coefficient (Wildman–Crippen LogP) is 4.96. The SMILES string of the molecule is CCC(CC)C(C#N)(CCC(O)C(Cc1ccc(OC)c(OC)c1)[N+](=O)[O-])c1cc(OC)c(OC)c(OC)c1. The van der Waals surface area contributed by atoms with Gasteiger partial charge in [-0.3, -0.25) is 10.1 Å². The molecule has 0 aromatic heterocycles. The van der Waals surface area contributed by atoms with Crippen molar-refractivity contribution < 1.29 is 33.7 Å². The molecule has 0 aliphatic heterocycles. The number of nitrogens with zero attached hydrogens (tertiary/aromatic N) is 2. The minimum Gasteiger partial charge on any atom is -0.493 e. The van der Waals surface area contributed by atoms with Crippen LogP contribution in [-0.2, 0) is 11.8 Å². The maximum atomic E-state index is 12.0. The molecule has 0 fully saturated rings. The quantitative estimate of drug-likeness (QED) is 0.230. The van der Waals surface area contributed by atoms with E-state index in [-0.39, 0.29) is 25.2 Å². The third-order valence-electron chi connectivity index (χ3n) is 7.50. The topological polar surface area (TPSA) is 133 Å². The number of hydrogen-bond acceptors (Lipinski definition) is 9. The van der Waals surface area contributed by atoms with Crippen molar-refractivity contribution in [2.45, 2.75) is 63.5 Å². The minimum atomic E-state index is -1.29. The molecular formula is C29H40N2O8. The first-order chi connectivity index (χ1) is 18.7. The zero-order valence-electron chi connectivity index (χ0n) is 23.9. The molecule has 10 nitrogen and oxygen atoms in total. The number of aliphatic hydroxyl groups is 1. The molecule has 2 rings (SSSR count). The molecule has 39 heavy (non-hydrogen) atoms. The zero-order valence-corrected chi connectivity index (χ0v) is 23.9. The van der Waals surface area contributed by atoms with Crippen LogP contribution in [-0.4, -0.2) is 57.7 Å². The minimum absolute atomic E-state index is 0.0107. The van der Waals surface area contributed by atoms with Crippen molar-refractivity contribution in [3.8, 4) is 34.8 Å². The molecule has 0 saturated carbocycles. The lowest BCUT2D eigenvalue weighted by atomic mass is 9.66. The highest BCUT2D eigenvalue weighted by molar-refractivity contribution is 5.56. The van der Waals surface area contributed by atoms with E-state index >= 15 is 0 Å². The van der Waals surface area contributed by atoms with Crippen molar-refractivity contribution in [2.24, 2.45) is 5.92 Å². The summed E-state index contributed by atoms with van der Waals surface area (Å²) >= 11 is 0. The second kappa shape index (κ2) is 14.4. The summed E-state index contributed by atoms with van der Waals surface area (Å²) in [5, 5.41) is 33.8. The van der Waals surface area contributed by atoms with Gasteiger partial charge in [-0.25, -0.2) is 0 Å². The number of hydrogen-bond donors (Lipinski definition) is 1. The van der Waals surface area contributed by atoms with Crippen molar-refractivity contribution in [2.75, 3.05) is 35.5 Å². The Morgan fingerprint density at radius 2 is 1.49 bits per heavy atom. The molecule has 0 radical (unpaired) electrons.